The van der Waals surface area contributed by atoms with Gasteiger partial charge in [-0.1, -0.05) is 0 Å². The molecule has 2 rings (SSSR count). The average molecular weight is 150 g/mol. The van der Waals surface area contributed by atoms with E-state index in [9.17, 15) is 0 Å². The molecular weight excluding hydrogens is 144 g/mol. The van der Waals surface area contributed by atoms with Crippen LogP contribution >= 0.6 is 0 Å². The van der Waals surface area contributed by atoms with Crippen molar-refractivity contribution in [3.05, 3.63) is 18.6 Å². The van der Waals surface area contributed by atoms with Gasteiger partial charge in [-0.15, -0.1) is 0 Å². The van der Waals surface area contributed by atoms with Gasteiger partial charge in [-0.3, -0.25) is 0 Å². The third-order valence-corrected chi connectivity index (χ3v) is 1.33. The SMILES string of the molecule is COc1ccn2ncnc2n1. The van der Waals surface area contributed by atoms with Gasteiger partial charge in [0.2, 0.25) is 5.88 Å². The fourth-order valence-corrected chi connectivity index (χ4v) is 0.813. The molecule has 2 aromatic heterocycles. The van der Waals surface area contributed by atoms with E-state index in [0.29, 0.717) is 11.7 Å². The highest BCUT2D eigenvalue weighted by atomic mass is 16.5. The molecule has 0 fully saturated rings. The maximum atomic E-state index is 4.90. The third kappa shape index (κ3) is 0.899. The number of methoxy groups -OCH3 is 1. The van der Waals surface area contributed by atoms with Crippen molar-refractivity contribution in [1.29, 1.82) is 0 Å². The molecule has 0 radical (unpaired) electrons. The lowest BCUT2D eigenvalue weighted by Gasteiger charge is -1.95. The first-order chi connectivity index (χ1) is 5.40. The summed E-state index contributed by atoms with van der Waals surface area (Å²) in [5, 5.41) is 3.88. The largest absolute Gasteiger partial charge is 0.481 e. The summed E-state index contributed by atoms with van der Waals surface area (Å²) in [5.74, 6) is 1.09. The Morgan fingerprint density at radius 1 is 1.55 bits per heavy atom. The summed E-state index contributed by atoms with van der Waals surface area (Å²) in [6.07, 6.45) is 3.19. The van der Waals surface area contributed by atoms with Crippen molar-refractivity contribution in [1.82, 2.24) is 19.6 Å². The maximum absolute atomic E-state index is 4.90. The molecule has 0 bridgehead atoms. The van der Waals surface area contributed by atoms with Crippen molar-refractivity contribution in [3.8, 4) is 5.88 Å². The van der Waals surface area contributed by atoms with Crippen LogP contribution in [0.4, 0.5) is 0 Å². The van der Waals surface area contributed by atoms with Gasteiger partial charge in [0.1, 0.15) is 6.33 Å². The fraction of sp³-hybridized carbons (Fsp3) is 0.167. The lowest BCUT2D eigenvalue weighted by atomic mass is 10.6. The van der Waals surface area contributed by atoms with Gasteiger partial charge in [0.15, 0.2) is 0 Å². The van der Waals surface area contributed by atoms with Crippen LogP contribution in [0.25, 0.3) is 5.78 Å². The molecule has 0 N–H and O–H groups in total. The van der Waals surface area contributed by atoms with Crippen LogP contribution in [0, 0.1) is 0 Å². The molecule has 0 amide bonds. The minimum atomic E-state index is 0.546. The highest BCUT2D eigenvalue weighted by molar-refractivity contribution is 5.28. The Labute approximate surface area is 62.7 Å². The molecular formula is C6H6N4O. The van der Waals surface area contributed by atoms with Crippen LogP contribution in [0.1, 0.15) is 0 Å². The Morgan fingerprint density at radius 3 is 3.27 bits per heavy atom. The molecule has 0 aromatic carbocycles. The number of nitrogens with zero attached hydrogens (tertiary/aromatic N) is 4. The lowest BCUT2D eigenvalue weighted by molar-refractivity contribution is 0.397. The summed E-state index contributed by atoms with van der Waals surface area (Å²) in [4.78, 5) is 7.91. The van der Waals surface area contributed by atoms with E-state index in [1.54, 1.807) is 23.9 Å². The Morgan fingerprint density at radius 2 is 2.45 bits per heavy atom. The molecule has 2 aromatic rings. The molecule has 0 saturated heterocycles. The number of ether oxygens (including phenoxy) is 1. The smallest absolute Gasteiger partial charge is 0.255 e. The summed E-state index contributed by atoms with van der Waals surface area (Å²) >= 11 is 0. The van der Waals surface area contributed by atoms with Crippen LogP contribution in [-0.2, 0) is 0 Å². The van der Waals surface area contributed by atoms with E-state index < -0.39 is 0 Å². The van der Waals surface area contributed by atoms with E-state index in [2.05, 4.69) is 15.1 Å². The third-order valence-electron chi connectivity index (χ3n) is 1.33. The summed E-state index contributed by atoms with van der Waals surface area (Å²) in [7, 11) is 1.56. The monoisotopic (exact) mass is 150 g/mol. The molecule has 5 heteroatoms. The number of fused-ring (bicyclic) bond motifs is 1. The minimum absolute atomic E-state index is 0.546. The van der Waals surface area contributed by atoms with Gasteiger partial charge < -0.3 is 4.74 Å². The van der Waals surface area contributed by atoms with E-state index >= 15 is 0 Å². The normalized spacial score (nSPS) is 10.3. The van der Waals surface area contributed by atoms with Crippen LogP contribution in [-0.4, -0.2) is 26.7 Å². The number of hydrogen-bond acceptors (Lipinski definition) is 4. The van der Waals surface area contributed by atoms with Crippen LogP contribution in [0.3, 0.4) is 0 Å². The second-order valence-electron chi connectivity index (χ2n) is 1.97. The van der Waals surface area contributed by atoms with Crippen LogP contribution in [0.5, 0.6) is 5.88 Å². The highest BCUT2D eigenvalue weighted by Crippen LogP contribution is 2.04. The number of hydrogen-bond donors (Lipinski definition) is 0. The Hall–Kier alpha value is -1.65. The van der Waals surface area contributed by atoms with Gasteiger partial charge in [0.05, 0.1) is 7.11 Å². The zero-order chi connectivity index (χ0) is 7.68. The van der Waals surface area contributed by atoms with Gasteiger partial charge in [-0.05, 0) is 0 Å². The van der Waals surface area contributed by atoms with Crippen molar-refractivity contribution >= 4 is 5.78 Å². The maximum Gasteiger partial charge on any atom is 0.255 e. The van der Waals surface area contributed by atoms with E-state index in [-0.39, 0.29) is 0 Å². The number of rotatable bonds is 1. The zero-order valence-corrected chi connectivity index (χ0v) is 5.93. The van der Waals surface area contributed by atoms with Gasteiger partial charge in [-0.2, -0.15) is 15.1 Å². The van der Waals surface area contributed by atoms with E-state index in [0.717, 1.165) is 0 Å². The molecule has 0 spiro atoms. The van der Waals surface area contributed by atoms with Crippen LogP contribution < -0.4 is 4.74 Å². The molecule has 2 heterocycles. The Bertz CT molecular complexity index is 369. The van der Waals surface area contributed by atoms with Crippen LogP contribution in [0.2, 0.25) is 0 Å². The van der Waals surface area contributed by atoms with Crippen molar-refractivity contribution in [2.24, 2.45) is 0 Å². The van der Waals surface area contributed by atoms with Crippen molar-refractivity contribution < 1.29 is 4.74 Å². The number of aromatic nitrogens is 4. The predicted molar refractivity (Wildman–Crippen MR) is 37.3 cm³/mol. The minimum Gasteiger partial charge on any atom is -0.481 e. The van der Waals surface area contributed by atoms with E-state index in [4.69, 9.17) is 4.74 Å². The quantitative estimate of drug-likeness (QED) is 0.580. The molecule has 0 unspecified atom stereocenters. The van der Waals surface area contributed by atoms with Crippen molar-refractivity contribution in [2.45, 2.75) is 0 Å². The van der Waals surface area contributed by atoms with Gasteiger partial charge in [0.25, 0.3) is 5.78 Å². The highest BCUT2D eigenvalue weighted by Gasteiger charge is 1.97. The van der Waals surface area contributed by atoms with Gasteiger partial charge in [-0.25, -0.2) is 4.52 Å². The first-order valence-corrected chi connectivity index (χ1v) is 3.10. The van der Waals surface area contributed by atoms with Crippen molar-refractivity contribution in [2.75, 3.05) is 7.11 Å². The molecule has 5 nitrogen and oxygen atoms in total. The topological polar surface area (TPSA) is 52.3 Å². The Balaban J connectivity index is 2.67. The van der Waals surface area contributed by atoms with E-state index in [1.807, 2.05) is 0 Å². The standard InChI is InChI=1S/C6H6N4O/c1-11-5-2-3-10-6(9-5)7-4-8-10/h2-4H,1H3. The average Bonchev–Trinajstić information content (AvgIpc) is 2.50. The van der Waals surface area contributed by atoms with Crippen molar-refractivity contribution in [3.63, 3.8) is 0 Å². The van der Waals surface area contributed by atoms with Crippen LogP contribution in [0.15, 0.2) is 18.6 Å². The first kappa shape index (κ1) is 6.09. The molecule has 56 valence electrons. The lowest BCUT2D eigenvalue weighted by Crippen LogP contribution is -1.93. The summed E-state index contributed by atoms with van der Waals surface area (Å²) < 4.78 is 6.47. The molecule has 0 aliphatic carbocycles. The predicted octanol–water partition coefficient (Wildman–Crippen LogP) is 0.133. The molecule has 11 heavy (non-hydrogen) atoms. The van der Waals surface area contributed by atoms with E-state index in [1.165, 1.54) is 6.33 Å². The Kier molecular flexibility index (Phi) is 1.21. The second-order valence-corrected chi connectivity index (χ2v) is 1.97. The molecule has 0 aliphatic heterocycles. The zero-order valence-electron chi connectivity index (χ0n) is 5.93. The fourth-order valence-electron chi connectivity index (χ4n) is 0.813. The second kappa shape index (κ2) is 2.19. The molecule has 0 aliphatic rings. The summed E-state index contributed by atoms with van der Waals surface area (Å²) in [6.45, 7) is 0. The summed E-state index contributed by atoms with van der Waals surface area (Å²) in [5.41, 5.74) is 0. The van der Waals surface area contributed by atoms with Gasteiger partial charge in [0, 0.05) is 12.3 Å². The van der Waals surface area contributed by atoms with Gasteiger partial charge >= 0.3 is 0 Å². The molecule has 0 saturated carbocycles. The molecule has 0 atom stereocenters. The first-order valence-electron chi connectivity index (χ1n) is 3.10. The summed E-state index contributed by atoms with van der Waals surface area (Å²) in [6, 6.07) is 1.72.